The van der Waals surface area contributed by atoms with Gasteiger partial charge in [-0.1, -0.05) is 77.8 Å². The second-order valence-electron chi connectivity index (χ2n) is 9.26. The molecular weight excluding hydrogens is 601 g/mol. The van der Waals surface area contributed by atoms with Gasteiger partial charge in [-0.15, -0.1) is 5.10 Å². The lowest BCUT2D eigenvalue weighted by Crippen LogP contribution is -2.43. The number of benzene rings is 3. The van der Waals surface area contributed by atoms with Crippen LogP contribution in [0.3, 0.4) is 0 Å². The number of nitrogens with two attached hydrogens (primary N) is 1. The number of halogens is 2. The van der Waals surface area contributed by atoms with Crippen molar-refractivity contribution in [3.8, 4) is 0 Å². The second kappa shape index (κ2) is 13.1. The number of esters is 3. The third-order valence-electron chi connectivity index (χ3n) is 6.45. The van der Waals surface area contributed by atoms with Crippen molar-refractivity contribution in [3.63, 3.8) is 0 Å². The fraction of sp³-hybridized carbons (Fsp3) is 0.167. The van der Waals surface area contributed by atoms with Gasteiger partial charge in [-0.05, 0) is 36.4 Å². The van der Waals surface area contributed by atoms with Crippen LogP contribution in [-0.4, -0.2) is 52.6 Å². The lowest BCUT2D eigenvalue weighted by molar-refractivity contribution is -0.0690. The summed E-state index contributed by atoms with van der Waals surface area (Å²) in [7, 11) is 0. The highest BCUT2D eigenvalue weighted by molar-refractivity contribution is 6.43. The highest BCUT2D eigenvalue weighted by Gasteiger charge is 2.52. The van der Waals surface area contributed by atoms with E-state index in [1.54, 1.807) is 66.7 Å². The number of nitrogens with zero attached hydrogens (tertiary/aromatic N) is 2. The minimum absolute atomic E-state index is 0.169. The van der Waals surface area contributed by atoms with Crippen molar-refractivity contribution in [1.82, 2.24) is 9.78 Å². The van der Waals surface area contributed by atoms with Crippen molar-refractivity contribution >= 4 is 46.9 Å². The Kier molecular flexibility index (Phi) is 9.05. The first-order valence-corrected chi connectivity index (χ1v) is 13.6. The molecule has 0 unspecified atom stereocenters. The van der Waals surface area contributed by atoms with Crippen LogP contribution in [0.4, 0.5) is 5.82 Å². The third kappa shape index (κ3) is 6.54. The van der Waals surface area contributed by atoms with Crippen LogP contribution in [0.25, 0.3) is 0 Å². The summed E-state index contributed by atoms with van der Waals surface area (Å²) in [6.45, 7) is -0.456. The van der Waals surface area contributed by atoms with Crippen molar-refractivity contribution in [1.29, 1.82) is 0 Å². The van der Waals surface area contributed by atoms with Crippen LogP contribution in [-0.2, 0) is 18.9 Å². The van der Waals surface area contributed by atoms with Crippen LogP contribution in [0.15, 0.2) is 95.8 Å². The number of aromatic nitrogens is 2. The van der Waals surface area contributed by atoms with E-state index >= 15 is 0 Å². The maximum absolute atomic E-state index is 13.2. The maximum atomic E-state index is 13.2. The Hall–Kier alpha value is -4.71. The van der Waals surface area contributed by atoms with Crippen LogP contribution in [0.2, 0.25) is 10.0 Å². The molecule has 11 nitrogen and oxygen atoms in total. The number of rotatable bonds is 8. The van der Waals surface area contributed by atoms with E-state index in [-0.39, 0.29) is 27.5 Å². The summed E-state index contributed by atoms with van der Waals surface area (Å²) in [5.74, 6) is -2.60. The van der Waals surface area contributed by atoms with E-state index in [1.807, 2.05) is 0 Å². The fourth-order valence-electron chi connectivity index (χ4n) is 4.34. The standard InChI is InChI=1S/C30H23Cl2N3O8/c31-21-22(32)26(36)35(34-25(21)33)27-24(43-30(39)19-14-8-3-9-15-19)23(42-29(38)18-12-6-2-7-13-18)20(41-27)16-40-28(37)17-10-4-1-5-11-17/h1-15,20,23-24,27H,16H2,(H2,33,34)/t20-,23-,24-,27-/m1/s1. The van der Waals surface area contributed by atoms with Crippen molar-refractivity contribution in [2.45, 2.75) is 24.5 Å². The molecule has 3 aromatic carbocycles. The number of hydrogen-bond donors (Lipinski definition) is 1. The molecule has 43 heavy (non-hydrogen) atoms. The zero-order chi connectivity index (χ0) is 30.5. The van der Waals surface area contributed by atoms with E-state index in [4.69, 9.17) is 47.9 Å². The summed E-state index contributed by atoms with van der Waals surface area (Å²) in [4.78, 5) is 52.3. The monoisotopic (exact) mass is 623 g/mol. The van der Waals surface area contributed by atoms with Gasteiger partial charge in [0.05, 0.1) is 16.7 Å². The van der Waals surface area contributed by atoms with Crippen LogP contribution >= 0.6 is 23.2 Å². The second-order valence-corrected chi connectivity index (χ2v) is 10.0. The van der Waals surface area contributed by atoms with Gasteiger partial charge in [-0.25, -0.2) is 14.4 Å². The topological polar surface area (TPSA) is 149 Å². The molecule has 0 radical (unpaired) electrons. The van der Waals surface area contributed by atoms with Gasteiger partial charge in [0.1, 0.15) is 22.8 Å². The third-order valence-corrected chi connectivity index (χ3v) is 7.28. The average molecular weight is 624 g/mol. The predicted octanol–water partition coefficient (Wildman–Crippen LogP) is 4.34. The summed E-state index contributed by atoms with van der Waals surface area (Å²) in [6, 6.07) is 24.2. The summed E-state index contributed by atoms with van der Waals surface area (Å²) in [5.41, 5.74) is 5.58. The van der Waals surface area contributed by atoms with Gasteiger partial charge in [0.25, 0.3) is 5.56 Å². The molecule has 1 aromatic heterocycles. The van der Waals surface area contributed by atoms with Gasteiger partial charge in [0.2, 0.25) is 0 Å². The molecule has 2 N–H and O–H groups in total. The number of nitrogen functional groups attached to an aromatic ring is 1. The lowest BCUT2D eigenvalue weighted by atomic mass is 10.1. The Balaban J connectivity index is 1.54. The van der Waals surface area contributed by atoms with E-state index in [2.05, 4.69) is 5.10 Å². The molecule has 0 aliphatic carbocycles. The quantitative estimate of drug-likeness (QED) is 0.222. The Labute approximate surface area is 254 Å². The Morgan fingerprint density at radius 3 is 1.72 bits per heavy atom. The molecule has 0 bridgehead atoms. The van der Waals surface area contributed by atoms with Crippen molar-refractivity contribution in [2.75, 3.05) is 12.3 Å². The summed E-state index contributed by atoms with van der Waals surface area (Å²) >= 11 is 12.1. The molecule has 1 aliphatic heterocycles. The smallest absolute Gasteiger partial charge is 0.338 e. The van der Waals surface area contributed by atoms with E-state index in [0.29, 0.717) is 0 Å². The highest BCUT2D eigenvalue weighted by Crippen LogP contribution is 2.35. The van der Waals surface area contributed by atoms with Gasteiger partial charge < -0.3 is 24.7 Å². The predicted molar refractivity (Wildman–Crippen MR) is 155 cm³/mol. The molecule has 220 valence electrons. The maximum Gasteiger partial charge on any atom is 0.338 e. The Morgan fingerprint density at radius 2 is 1.21 bits per heavy atom. The molecule has 1 aliphatic rings. The van der Waals surface area contributed by atoms with Crippen LogP contribution in [0.5, 0.6) is 0 Å². The number of carbonyl (C=O) groups is 3. The number of ether oxygens (including phenoxy) is 4. The molecule has 4 atom stereocenters. The van der Waals surface area contributed by atoms with Crippen LogP contribution < -0.4 is 11.3 Å². The first kappa shape index (κ1) is 29.8. The van der Waals surface area contributed by atoms with E-state index < -0.39 is 59.6 Å². The first-order chi connectivity index (χ1) is 20.7. The van der Waals surface area contributed by atoms with Crippen molar-refractivity contribution in [3.05, 3.63) is 128 Å². The first-order valence-electron chi connectivity index (χ1n) is 12.9. The number of hydrogen-bond acceptors (Lipinski definition) is 10. The molecule has 0 amide bonds. The van der Waals surface area contributed by atoms with Crippen molar-refractivity contribution in [2.24, 2.45) is 0 Å². The van der Waals surface area contributed by atoms with E-state index in [1.165, 1.54) is 24.3 Å². The van der Waals surface area contributed by atoms with Crippen LogP contribution in [0, 0.1) is 0 Å². The summed E-state index contributed by atoms with van der Waals surface area (Å²) in [6.07, 6.45) is -5.63. The minimum atomic E-state index is -1.52. The molecule has 1 fully saturated rings. The fourth-order valence-corrected chi connectivity index (χ4v) is 4.64. The SMILES string of the molecule is Nc1nn([C@@H]2O[C@H](COC(=O)c3ccccc3)[C@@H](OC(=O)c3ccccc3)[C@H]2OC(=O)c2ccccc2)c(=O)c(Cl)c1Cl. The number of carbonyl (C=O) groups excluding carboxylic acids is 3. The molecule has 0 saturated carbocycles. The normalized spacial score (nSPS) is 19.4. The highest BCUT2D eigenvalue weighted by atomic mass is 35.5. The van der Waals surface area contributed by atoms with E-state index in [0.717, 1.165) is 4.68 Å². The zero-order valence-electron chi connectivity index (χ0n) is 22.2. The molecule has 0 spiro atoms. The minimum Gasteiger partial charge on any atom is -0.459 e. The molecule has 1 saturated heterocycles. The van der Waals surface area contributed by atoms with Gasteiger partial charge in [-0.3, -0.25) is 4.79 Å². The molecule has 5 rings (SSSR count). The lowest BCUT2D eigenvalue weighted by Gasteiger charge is -2.25. The van der Waals surface area contributed by atoms with E-state index in [9.17, 15) is 19.2 Å². The summed E-state index contributed by atoms with van der Waals surface area (Å²) < 4.78 is 23.9. The largest absolute Gasteiger partial charge is 0.459 e. The van der Waals surface area contributed by atoms with Gasteiger partial charge in [-0.2, -0.15) is 4.68 Å². The molecular formula is C30H23Cl2N3O8. The Bertz CT molecular complexity index is 1690. The average Bonchev–Trinajstić information content (AvgIpc) is 3.37. The molecule has 2 heterocycles. The summed E-state index contributed by atoms with van der Waals surface area (Å²) in [5, 5.41) is 3.26. The van der Waals surface area contributed by atoms with Gasteiger partial charge in [0, 0.05) is 0 Å². The number of anilines is 1. The van der Waals surface area contributed by atoms with Crippen LogP contribution in [0.1, 0.15) is 37.3 Å². The molecule has 13 heteroatoms. The molecule has 4 aromatic rings. The Morgan fingerprint density at radius 1 is 0.744 bits per heavy atom. The van der Waals surface area contributed by atoms with Gasteiger partial charge in [0.15, 0.2) is 24.3 Å². The van der Waals surface area contributed by atoms with Gasteiger partial charge >= 0.3 is 17.9 Å². The zero-order valence-corrected chi connectivity index (χ0v) is 23.7. The van der Waals surface area contributed by atoms with Crippen molar-refractivity contribution < 1.29 is 33.3 Å².